The first kappa shape index (κ1) is 23.0. The topological polar surface area (TPSA) is 80.5 Å². The summed E-state index contributed by atoms with van der Waals surface area (Å²) in [4.78, 5) is 7.23. The van der Waals surface area contributed by atoms with Crippen molar-refractivity contribution in [2.75, 3.05) is 58.4 Å². The number of nitrogens with one attached hydrogen (secondary N) is 2. The molecule has 2 aromatic rings. The van der Waals surface area contributed by atoms with Gasteiger partial charge in [0.2, 0.25) is 0 Å². The minimum atomic E-state index is 0.0583. The second kappa shape index (κ2) is 11.6. The summed E-state index contributed by atoms with van der Waals surface area (Å²) in [6, 6.07) is 9.87. The molecule has 1 fully saturated rings. The molecule has 0 bridgehead atoms. The number of aryl methyl sites for hydroxylation is 1. The number of methoxy groups -OCH3 is 1. The first-order chi connectivity index (χ1) is 15.1. The van der Waals surface area contributed by atoms with Gasteiger partial charge in [-0.3, -0.25) is 9.89 Å². The van der Waals surface area contributed by atoms with Gasteiger partial charge >= 0.3 is 0 Å². The third-order valence-corrected chi connectivity index (χ3v) is 5.07. The molecule has 1 aromatic carbocycles. The van der Waals surface area contributed by atoms with Crippen LogP contribution in [-0.4, -0.2) is 64.0 Å². The summed E-state index contributed by atoms with van der Waals surface area (Å²) in [5, 5.41) is 6.68. The van der Waals surface area contributed by atoms with Gasteiger partial charge in [-0.25, -0.2) is 0 Å². The predicted octanol–water partition coefficient (Wildman–Crippen LogP) is 3.45. The molecular formula is C23H34N4O4. The van der Waals surface area contributed by atoms with Crippen molar-refractivity contribution in [2.24, 2.45) is 4.99 Å². The molecule has 170 valence electrons. The first-order valence-electron chi connectivity index (χ1n) is 10.9. The van der Waals surface area contributed by atoms with Crippen molar-refractivity contribution in [3.8, 4) is 11.5 Å². The van der Waals surface area contributed by atoms with E-state index in [1.54, 1.807) is 7.11 Å². The van der Waals surface area contributed by atoms with Crippen molar-refractivity contribution >= 4 is 11.6 Å². The minimum Gasteiger partial charge on any atom is -0.493 e. The highest BCUT2D eigenvalue weighted by molar-refractivity contribution is 5.93. The van der Waals surface area contributed by atoms with Crippen molar-refractivity contribution < 1.29 is 18.6 Å². The fourth-order valence-electron chi connectivity index (χ4n) is 3.55. The van der Waals surface area contributed by atoms with Crippen molar-refractivity contribution in [2.45, 2.75) is 26.8 Å². The summed E-state index contributed by atoms with van der Waals surface area (Å²) >= 11 is 0. The van der Waals surface area contributed by atoms with Crippen LogP contribution in [0.2, 0.25) is 0 Å². The van der Waals surface area contributed by atoms with E-state index in [0.717, 1.165) is 55.8 Å². The predicted molar refractivity (Wildman–Crippen MR) is 122 cm³/mol. The number of guanidine groups is 1. The van der Waals surface area contributed by atoms with Gasteiger partial charge in [0, 0.05) is 31.4 Å². The van der Waals surface area contributed by atoms with E-state index in [1.165, 1.54) is 0 Å². The monoisotopic (exact) mass is 430 g/mol. The molecule has 3 rings (SSSR count). The largest absolute Gasteiger partial charge is 0.493 e. The Kier molecular flexibility index (Phi) is 8.61. The first-order valence-corrected chi connectivity index (χ1v) is 10.9. The zero-order chi connectivity index (χ0) is 22.1. The van der Waals surface area contributed by atoms with Crippen LogP contribution in [-0.2, 0) is 4.74 Å². The molecule has 1 aliphatic rings. The van der Waals surface area contributed by atoms with Gasteiger partial charge in [0.15, 0.2) is 17.5 Å². The zero-order valence-electron chi connectivity index (χ0n) is 18.9. The van der Waals surface area contributed by atoms with E-state index in [-0.39, 0.29) is 6.04 Å². The van der Waals surface area contributed by atoms with E-state index in [9.17, 15) is 0 Å². The lowest BCUT2D eigenvalue weighted by molar-refractivity contribution is 0.0135. The number of hydrogen-bond donors (Lipinski definition) is 2. The molecule has 1 aromatic heterocycles. The molecule has 1 unspecified atom stereocenters. The van der Waals surface area contributed by atoms with Gasteiger partial charge in [-0.1, -0.05) is 0 Å². The molecule has 2 heterocycles. The van der Waals surface area contributed by atoms with Crippen LogP contribution in [0, 0.1) is 6.92 Å². The van der Waals surface area contributed by atoms with Gasteiger partial charge in [-0.05, 0) is 45.0 Å². The molecule has 0 aliphatic carbocycles. The molecule has 0 saturated carbocycles. The Morgan fingerprint density at radius 1 is 1.16 bits per heavy atom. The van der Waals surface area contributed by atoms with Crippen LogP contribution in [0.3, 0.4) is 0 Å². The Morgan fingerprint density at radius 3 is 2.61 bits per heavy atom. The number of morpholine rings is 1. The third-order valence-electron chi connectivity index (χ3n) is 5.07. The number of rotatable bonds is 9. The Hall–Kier alpha value is -2.71. The smallest absolute Gasteiger partial charge is 0.195 e. The lowest BCUT2D eigenvalue weighted by Crippen LogP contribution is -2.40. The molecule has 8 heteroatoms. The summed E-state index contributed by atoms with van der Waals surface area (Å²) in [5.74, 6) is 3.94. The SMILES string of the molecule is CCNC(=NCC(c1ccc(C)o1)N1CCOCC1)Nc1ccc(OCC)c(OC)c1. The lowest BCUT2D eigenvalue weighted by Gasteiger charge is -2.32. The van der Waals surface area contributed by atoms with E-state index in [1.807, 2.05) is 51.1 Å². The Bertz CT molecular complexity index is 846. The van der Waals surface area contributed by atoms with Gasteiger partial charge in [0.1, 0.15) is 11.5 Å². The molecule has 2 N–H and O–H groups in total. The maximum atomic E-state index is 5.95. The lowest BCUT2D eigenvalue weighted by atomic mass is 10.1. The van der Waals surface area contributed by atoms with Crippen molar-refractivity contribution in [1.82, 2.24) is 10.2 Å². The van der Waals surface area contributed by atoms with Crippen LogP contribution >= 0.6 is 0 Å². The van der Waals surface area contributed by atoms with E-state index >= 15 is 0 Å². The number of ether oxygens (including phenoxy) is 3. The van der Waals surface area contributed by atoms with Crippen LogP contribution < -0.4 is 20.1 Å². The van der Waals surface area contributed by atoms with Gasteiger partial charge < -0.3 is 29.3 Å². The fourth-order valence-corrected chi connectivity index (χ4v) is 3.55. The van der Waals surface area contributed by atoms with Crippen molar-refractivity contribution in [3.63, 3.8) is 0 Å². The number of benzene rings is 1. The average molecular weight is 431 g/mol. The minimum absolute atomic E-state index is 0.0583. The quantitative estimate of drug-likeness (QED) is 0.466. The highest BCUT2D eigenvalue weighted by atomic mass is 16.5. The second-order valence-corrected chi connectivity index (χ2v) is 7.26. The van der Waals surface area contributed by atoms with E-state index < -0.39 is 0 Å². The molecule has 1 saturated heterocycles. The standard InChI is InChI=1S/C23H34N4O4/c1-5-24-23(26-18-8-10-21(30-6-2)22(15-18)28-4)25-16-19(20-9-7-17(3)31-20)27-11-13-29-14-12-27/h7-10,15,19H,5-6,11-14,16H2,1-4H3,(H2,24,25,26). The molecular weight excluding hydrogens is 396 g/mol. The zero-order valence-corrected chi connectivity index (χ0v) is 18.9. The number of hydrogen-bond acceptors (Lipinski definition) is 6. The van der Waals surface area contributed by atoms with Crippen LogP contribution in [0.5, 0.6) is 11.5 Å². The second-order valence-electron chi connectivity index (χ2n) is 7.26. The highest BCUT2D eigenvalue weighted by Crippen LogP contribution is 2.30. The molecule has 31 heavy (non-hydrogen) atoms. The highest BCUT2D eigenvalue weighted by Gasteiger charge is 2.25. The summed E-state index contributed by atoms with van der Waals surface area (Å²) in [6.07, 6.45) is 0. The summed E-state index contributed by atoms with van der Waals surface area (Å²) in [7, 11) is 1.64. The summed E-state index contributed by atoms with van der Waals surface area (Å²) in [5.41, 5.74) is 0.872. The summed E-state index contributed by atoms with van der Waals surface area (Å²) < 4.78 is 22.6. The van der Waals surface area contributed by atoms with Gasteiger partial charge in [0.25, 0.3) is 0 Å². The molecule has 0 spiro atoms. The Morgan fingerprint density at radius 2 is 1.97 bits per heavy atom. The summed E-state index contributed by atoms with van der Waals surface area (Å²) in [6.45, 7) is 11.0. The number of aliphatic imine (C=N–C) groups is 1. The average Bonchev–Trinajstić information content (AvgIpc) is 3.21. The van der Waals surface area contributed by atoms with Crippen LogP contribution in [0.25, 0.3) is 0 Å². The normalized spacial score (nSPS) is 16.1. The van der Waals surface area contributed by atoms with E-state index in [2.05, 4.69) is 15.5 Å². The van der Waals surface area contributed by atoms with Gasteiger partial charge in [0.05, 0.1) is 39.5 Å². The fraction of sp³-hybridized carbons (Fsp3) is 0.522. The number of nitrogens with zero attached hydrogens (tertiary/aromatic N) is 2. The maximum absolute atomic E-state index is 5.95. The molecule has 0 radical (unpaired) electrons. The Balaban J connectivity index is 1.77. The van der Waals surface area contributed by atoms with Crippen LogP contribution in [0.4, 0.5) is 5.69 Å². The van der Waals surface area contributed by atoms with Gasteiger partial charge in [-0.2, -0.15) is 0 Å². The van der Waals surface area contributed by atoms with Gasteiger partial charge in [-0.15, -0.1) is 0 Å². The molecule has 0 amide bonds. The number of furan rings is 1. The van der Waals surface area contributed by atoms with Crippen LogP contribution in [0.1, 0.15) is 31.4 Å². The molecule has 1 atom stereocenters. The van der Waals surface area contributed by atoms with E-state index in [4.69, 9.17) is 23.6 Å². The molecule has 1 aliphatic heterocycles. The van der Waals surface area contributed by atoms with E-state index in [0.29, 0.717) is 24.9 Å². The number of anilines is 1. The maximum Gasteiger partial charge on any atom is 0.195 e. The van der Waals surface area contributed by atoms with Crippen molar-refractivity contribution in [3.05, 3.63) is 41.9 Å². The third kappa shape index (κ3) is 6.38. The molecule has 8 nitrogen and oxygen atoms in total. The van der Waals surface area contributed by atoms with Crippen LogP contribution in [0.15, 0.2) is 39.7 Å². The van der Waals surface area contributed by atoms with Crippen molar-refractivity contribution in [1.29, 1.82) is 0 Å². The Labute approximate surface area is 184 Å².